The number of nitrogens with one attached hydrogen (secondary N) is 1. The van der Waals surface area contributed by atoms with E-state index in [1.807, 2.05) is 12.1 Å². The molecule has 0 radical (unpaired) electrons. The van der Waals surface area contributed by atoms with Crippen molar-refractivity contribution in [3.05, 3.63) is 63.6 Å². The number of aromatic nitrogens is 1. The molecule has 144 valence electrons. The van der Waals surface area contributed by atoms with Crippen LogP contribution in [0.25, 0.3) is 0 Å². The van der Waals surface area contributed by atoms with Crippen LogP contribution in [0.4, 0.5) is 0 Å². The average Bonchev–Trinajstić information content (AvgIpc) is 2.66. The van der Waals surface area contributed by atoms with Gasteiger partial charge in [-0.3, -0.25) is 9.59 Å². The van der Waals surface area contributed by atoms with Crippen LogP contribution >= 0.6 is 0 Å². The van der Waals surface area contributed by atoms with Gasteiger partial charge in [0.15, 0.2) is 0 Å². The summed E-state index contributed by atoms with van der Waals surface area (Å²) < 4.78 is 1.66. The third-order valence-electron chi connectivity index (χ3n) is 5.75. The van der Waals surface area contributed by atoms with Crippen LogP contribution in [0.15, 0.2) is 41.3 Å². The largest absolute Gasteiger partial charge is 0.508 e. The Morgan fingerprint density at radius 1 is 1.33 bits per heavy atom. The molecule has 2 unspecified atom stereocenters. The predicted octanol–water partition coefficient (Wildman–Crippen LogP) is 3.65. The first-order valence-electron chi connectivity index (χ1n) is 9.64. The molecule has 1 aromatic heterocycles. The summed E-state index contributed by atoms with van der Waals surface area (Å²) in [5.41, 5.74) is 1.73. The summed E-state index contributed by atoms with van der Waals surface area (Å²) in [6.07, 6.45) is 6.62. The molecular formula is C22H28N2O3. The number of phenols is 1. The molecule has 1 amide bonds. The van der Waals surface area contributed by atoms with Gasteiger partial charge in [0.25, 0.3) is 11.5 Å². The quantitative estimate of drug-likeness (QED) is 0.846. The molecule has 1 aromatic carbocycles. The fourth-order valence-electron chi connectivity index (χ4n) is 4.28. The lowest BCUT2D eigenvalue weighted by molar-refractivity contribution is 0.0960. The van der Waals surface area contributed by atoms with Gasteiger partial charge in [-0.2, -0.15) is 0 Å². The lowest BCUT2D eigenvalue weighted by Gasteiger charge is -2.40. The first kappa shape index (κ1) is 19.2. The van der Waals surface area contributed by atoms with Crippen LogP contribution in [0.2, 0.25) is 0 Å². The van der Waals surface area contributed by atoms with Gasteiger partial charge in [-0.1, -0.05) is 38.8 Å². The molecule has 2 N–H and O–H groups in total. The number of aromatic hydroxyl groups is 1. The second-order valence-electron chi connectivity index (χ2n) is 7.87. The van der Waals surface area contributed by atoms with E-state index >= 15 is 0 Å². The van der Waals surface area contributed by atoms with Gasteiger partial charge in [0, 0.05) is 13.2 Å². The summed E-state index contributed by atoms with van der Waals surface area (Å²) in [4.78, 5) is 25.1. The third kappa shape index (κ3) is 3.64. The minimum Gasteiger partial charge on any atom is -0.508 e. The van der Waals surface area contributed by atoms with Crippen molar-refractivity contribution in [2.24, 2.45) is 5.41 Å². The van der Waals surface area contributed by atoms with Gasteiger partial charge in [-0.15, -0.1) is 0 Å². The second-order valence-corrected chi connectivity index (χ2v) is 7.87. The monoisotopic (exact) mass is 368 g/mol. The number of fused-ring (bicyclic) bond motifs is 1. The highest BCUT2D eigenvalue weighted by atomic mass is 16.3. The molecule has 5 nitrogen and oxygen atoms in total. The highest BCUT2D eigenvalue weighted by Crippen LogP contribution is 2.47. The topological polar surface area (TPSA) is 71.3 Å². The fourth-order valence-corrected chi connectivity index (χ4v) is 4.28. The highest BCUT2D eigenvalue weighted by molar-refractivity contribution is 5.93. The van der Waals surface area contributed by atoms with Gasteiger partial charge in [0.05, 0.1) is 6.04 Å². The van der Waals surface area contributed by atoms with Crippen LogP contribution in [-0.2, 0) is 6.42 Å². The Morgan fingerprint density at radius 3 is 2.81 bits per heavy atom. The van der Waals surface area contributed by atoms with Gasteiger partial charge in [-0.05, 0) is 54.0 Å². The summed E-state index contributed by atoms with van der Waals surface area (Å²) >= 11 is 0. The highest BCUT2D eigenvalue weighted by Gasteiger charge is 2.37. The number of carbonyl (C=O) groups excluding carboxylic acids is 1. The molecule has 0 aliphatic heterocycles. The Kier molecular flexibility index (Phi) is 5.40. The van der Waals surface area contributed by atoms with Crippen molar-refractivity contribution >= 4 is 5.91 Å². The molecule has 0 saturated heterocycles. The van der Waals surface area contributed by atoms with E-state index in [1.54, 1.807) is 29.0 Å². The van der Waals surface area contributed by atoms with Crippen molar-refractivity contribution in [3.8, 4) is 5.75 Å². The number of benzene rings is 1. The van der Waals surface area contributed by atoms with Gasteiger partial charge < -0.3 is 15.0 Å². The molecule has 3 rings (SSSR count). The van der Waals surface area contributed by atoms with Gasteiger partial charge in [0.2, 0.25) is 0 Å². The summed E-state index contributed by atoms with van der Waals surface area (Å²) in [5, 5.41) is 13.0. The van der Waals surface area contributed by atoms with E-state index in [9.17, 15) is 14.7 Å². The summed E-state index contributed by atoms with van der Waals surface area (Å²) in [7, 11) is 1.52. The van der Waals surface area contributed by atoms with E-state index in [2.05, 4.69) is 19.2 Å². The zero-order valence-electron chi connectivity index (χ0n) is 16.3. The SMILES string of the molecule is CCCCC1(C)Cc2c(O)cccc2C(n2cccc(C(=O)NC)c2=O)C1. The van der Waals surface area contributed by atoms with E-state index in [-0.39, 0.29) is 34.2 Å². The molecule has 27 heavy (non-hydrogen) atoms. The number of unbranched alkanes of at least 4 members (excludes halogenated alkanes) is 1. The van der Waals surface area contributed by atoms with Gasteiger partial charge in [-0.25, -0.2) is 0 Å². The maximum absolute atomic E-state index is 13.0. The molecule has 0 bridgehead atoms. The first-order chi connectivity index (χ1) is 12.9. The molecule has 1 aliphatic rings. The van der Waals surface area contributed by atoms with Crippen molar-refractivity contribution in [1.29, 1.82) is 0 Å². The normalized spacial score (nSPS) is 21.5. The number of nitrogens with zero attached hydrogens (tertiary/aromatic N) is 1. The first-order valence-corrected chi connectivity index (χ1v) is 9.64. The Morgan fingerprint density at radius 2 is 2.11 bits per heavy atom. The fraction of sp³-hybridized carbons (Fsp3) is 0.455. The maximum atomic E-state index is 13.0. The van der Waals surface area contributed by atoms with Crippen molar-refractivity contribution in [2.75, 3.05) is 7.05 Å². The maximum Gasteiger partial charge on any atom is 0.263 e. The number of phenolic OH excluding ortho intramolecular Hbond substituents is 1. The van der Waals surface area contributed by atoms with Crippen LogP contribution in [0, 0.1) is 5.41 Å². The number of hydrogen-bond acceptors (Lipinski definition) is 3. The average molecular weight is 368 g/mol. The van der Waals surface area contributed by atoms with E-state index in [4.69, 9.17) is 0 Å². The van der Waals surface area contributed by atoms with E-state index in [0.717, 1.165) is 43.2 Å². The van der Waals surface area contributed by atoms with Crippen molar-refractivity contribution in [2.45, 2.75) is 52.0 Å². The molecule has 1 heterocycles. The number of pyridine rings is 1. The molecule has 0 spiro atoms. The molecule has 5 heteroatoms. The molecule has 0 saturated carbocycles. The zero-order valence-corrected chi connectivity index (χ0v) is 16.3. The van der Waals surface area contributed by atoms with E-state index in [0.29, 0.717) is 0 Å². The Balaban J connectivity index is 2.13. The minimum atomic E-state index is -0.380. The van der Waals surface area contributed by atoms with Crippen molar-refractivity contribution < 1.29 is 9.90 Å². The molecule has 2 aromatic rings. The van der Waals surface area contributed by atoms with Gasteiger partial charge in [0.1, 0.15) is 11.3 Å². The number of hydrogen-bond donors (Lipinski definition) is 2. The predicted molar refractivity (Wildman–Crippen MR) is 106 cm³/mol. The number of amides is 1. The number of carbonyl (C=O) groups is 1. The van der Waals surface area contributed by atoms with Gasteiger partial charge >= 0.3 is 0 Å². The Bertz CT molecular complexity index is 903. The van der Waals surface area contributed by atoms with Crippen LogP contribution in [0.1, 0.15) is 67.1 Å². The van der Waals surface area contributed by atoms with Crippen LogP contribution in [0.5, 0.6) is 5.75 Å². The lowest BCUT2D eigenvalue weighted by atomic mass is 9.68. The Hall–Kier alpha value is -2.56. The van der Waals surface area contributed by atoms with Crippen LogP contribution in [0.3, 0.4) is 0 Å². The van der Waals surface area contributed by atoms with E-state index in [1.165, 1.54) is 7.05 Å². The van der Waals surface area contributed by atoms with Crippen LogP contribution in [-0.4, -0.2) is 22.6 Å². The number of rotatable bonds is 5. The van der Waals surface area contributed by atoms with Crippen molar-refractivity contribution in [3.63, 3.8) is 0 Å². The summed E-state index contributed by atoms with van der Waals surface area (Å²) in [5.74, 6) is -0.0922. The smallest absolute Gasteiger partial charge is 0.263 e. The molecule has 1 aliphatic carbocycles. The van der Waals surface area contributed by atoms with E-state index < -0.39 is 0 Å². The van der Waals surface area contributed by atoms with Crippen molar-refractivity contribution in [1.82, 2.24) is 9.88 Å². The molecule has 2 atom stereocenters. The van der Waals surface area contributed by atoms with Crippen LogP contribution < -0.4 is 10.9 Å². The second kappa shape index (κ2) is 7.59. The zero-order chi connectivity index (χ0) is 19.6. The minimum absolute atomic E-state index is 0.00499. The standard InChI is InChI=1S/C22H28N2O3/c1-4-5-11-22(2)13-17-15(8-6-10-19(17)25)18(14-22)24-12-7-9-16(21(24)27)20(26)23-3/h6-10,12,18,25H,4-5,11,13-14H2,1-3H3,(H,23,26). The third-order valence-corrected chi connectivity index (χ3v) is 5.75. The lowest BCUT2D eigenvalue weighted by Crippen LogP contribution is -2.38. The summed E-state index contributed by atoms with van der Waals surface area (Å²) in [6, 6.07) is 8.62. The Labute approximate surface area is 160 Å². The summed E-state index contributed by atoms with van der Waals surface area (Å²) in [6.45, 7) is 4.41. The molecule has 0 fully saturated rings. The molecular weight excluding hydrogens is 340 g/mol.